The summed E-state index contributed by atoms with van der Waals surface area (Å²) >= 11 is 0. The van der Waals surface area contributed by atoms with Crippen molar-refractivity contribution < 1.29 is 4.74 Å². The van der Waals surface area contributed by atoms with Crippen molar-refractivity contribution in [2.75, 3.05) is 19.8 Å². The van der Waals surface area contributed by atoms with Crippen molar-refractivity contribution in [3.8, 4) is 0 Å². The van der Waals surface area contributed by atoms with Crippen LogP contribution in [-0.4, -0.2) is 29.7 Å². The maximum absolute atomic E-state index is 5.38. The molecule has 1 N–H and O–H groups in total. The average Bonchev–Trinajstić information content (AvgIpc) is 2.37. The molecule has 4 nitrogen and oxygen atoms in total. The van der Waals surface area contributed by atoms with Crippen LogP contribution in [0.25, 0.3) is 0 Å². The maximum Gasteiger partial charge on any atom is 0.132 e. The number of rotatable bonds is 4. The van der Waals surface area contributed by atoms with E-state index in [4.69, 9.17) is 4.74 Å². The van der Waals surface area contributed by atoms with Gasteiger partial charge in [0.1, 0.15) is 5.82 Å². The molecule has 1 aliphatic heterocycles. The van der Waals surface area contributed by atoms with Crippen LogP contribution in [0.4, 0.5) is 0 Å². The minimum Gasteiger partial charge on any atom is -0.381 e. The van der Waals surface area contributed by atoms with E-state index in [1.165, 1.54) is 0 Å². The summed E-state index contributed by atoms with van der Waals surface area (Å²) in [6, 6.07) is 2.06. The van der Waals surface area contributed by atoms with E-state index in [0.717, 1.165) is 56.4 Å². The van der Waals surface area contributed by atoms with Crippen molar-refractivity contribution in [3.05, 3.63) is 23.3 Å². The third-order valence-corrected chi connectivity index (χ3v) is 3.07. The quantitative estimate of drug-likeness (QED) is 0.864. The number of ether oxygens (including phenoxy) is 1. The van der Waals surface area contributed by atoms with Crippen LogP contribution in [0.15, 0.2) is 6.07 Å². The van der Waals surface area contributed by atoms with Crippen molar-refractivity contribution in [1.82, 2.24) is 15.3 Å². The highest BCUT2D eigenvalue weighted by atomic mass is 16.5. The number of nitrogens with zero attached hydrogens (tertiary/aromatic N) is 2. The van der Waals surface area contributed by atoms with Gasteiger partial charge in [-0.15, -0.1) is 0 Å². The fourth-order valence-electron chi connectivity index (χ4n) is 2.14. The van der Waals surface area contributed by atoms with E-state index in [1.807, 2.05) is 6.92 Å². The van der Waals surface area contributed by atoms with Crippen molar-refractivity contribution in [3.63, 3.8) is 0 Å². The Kier molecular flexibility index (Phi) is 4.45. The summed E-state index contributed by atoms with van der Waals surface area (Å²) in [5.74, 6) is 1.48. The van der Waals surface area contributed by atoms with Gasteiger partial charge in [0.15, 0.2) is 0 Å². The van der Waals surface area contributed by atoms with Crippen molar-refractivity contribution in [1.29, 1.82) is 0 Å². The van der Waals surface area contributed by atoms with Gasteiger partial charge in [0.05, 0.1) is 5.69 Å². The zero-order valence-electron chi connectivity index (χ0n) is 10.7. The first-order valence-corrected chi connectivity index (χ1v) is 6.42. The van der Waals surface area contributed by atoms with Gasteiger partial charge in [-0.1, -0.05) is 6.92 Å². The monoisotopic (exact) mass is 235 g/mol. The molecular formula is C13H21N3O. The number of hydrogen-bond donors (Lipinski definition) is 1. The van der Waals surface area contributed by atoms with E-state index < -0.39 is 0 Å². The Morgan fingerprint density at radius 1 is 1.35 bits per heavy atom. The Labute approximate surface area is 103 Å². The minimum absolute atomic E-state index is 0.476. The summed E-state index contributed by atoms with van der Waals surface area (Å²) in [5.41, 5.74) is 2.16. The van der Waals surface area contributed by atoms with Gasteiger partial charge in [-0.05, 0) is 32.4 Å². The molecule has 0 amide bonds. The minimum atomic E-state index is 0.476. The lowest BCUT2D eigenvalue weighted by Crippen LogP contribution is -2.19. The lowest BCUT2D eigenvalue weighted by atomic mass is 9.99. The molecule has 17 heavy (non-hydrogen) atoms. The Bertz CT molecular complexity index is 362. The molecular weight excluding hydrogens is 214 g/mol. The first-order valence-electron chi connectivity index (χ1n) is 6.42. The Morgan fingerprint density at radius 3 is 2.82 bits per heavy atom. The first kappa shape index (κ1) is 12.5. The predicted octanol–water partition coefficient (Wildman–Crippen LogP) is 1.79. The van der Waals surface area contributed by atoms with Gasteiger partial charge in [-0.25, -0.2) is 9.97 Å². The summed E-state index contributed by atoms with van der Waals surface area (Å²) in [6.45, 7) is 7.62. The molecule has 1 aromatic heterocycles. The van der Waals surface area contributed by atoms with Gasteiger partial charge in [-0.2, -0.15) is 0 Å². The van der Waals surface area contributed by atoms with Crippen LogP contribution < -0.4 is 5.32 Å². The number of aryl methyl sites for hydroxylation is 1. The molecule has 1 fully saturated rings. The Hall–Kier alpha value is -1.00. The molecule has 1 aliphatic rings. The summed E-state index contributed by atoms with van der Waals surface area (Å²) in [7, 11) is 0. The molecule has 2 heterocycles. The summed E-state index contributed by atoms with van der Waals surface area (Å²) in [4.78, 5) is 9.24. The van der Waals surface area contributed by atoms with Crippen LogP contribution in [0, 0.1) is 6.92 Å². The van der Waals surface area contributed by atoms with E-state index in [1.54, 1.807) is 0 Å². The van der Waals surface area contributed by atoms with Gasteiger partial charge in [0.25, 0.3) is 0 Å². The second-order valence-electron chi connectivity index (χ2n) is 4.53. The largest absolute Gasteiger partial charge is 0.381 e. The topological polar surface area (TPSA) is 47.0 Å². The molecule has 0 bridgehead atoms. The van der Waals surface area contributed by atoms with E-state index in [2.05, 4.69) is 28.3 Å². The molecule has 94 valence electrons. The van der Waals surface area contributed by atoms with Crippen LogP contribution in [0.3, 0.4) is 0 Å². The summed E-state index contributed by atoms with van der Waals surface area (Å²) in [6.07, 6.45) is 2.09. The lowest BCUT2D eigenvalue weighted by Gasteiger charge is -2.21. The van der Waals surface area contributed by atoms with Crippen LogP contribution in [0.5, 0.6) is 0 Å². The maximum atomic E-state index is 5.38. The Balaban J connectivity index is 2.12. The zero-order valence-corrected chi connectivity index (χ0v) is 10.7. The Morgan fingerprint density at radius 2 is 2.12 bits per heavy atom. The number of nitrogens with one attached hydrogen (secondary N) is 1. The number of aromatic nitrogens is 2. The van der Waals surface area contributed by atoms with Crippen LogP contribution in [0.2, 0.25) is 0 Å². The highest BCUT2D eigenvalue weighted by molar-refractivity contribution is 5.12. The van der Waals surface area contributed by atoms with Crippen molar-refractivity contribution in [2.45, 2.75) is 39.2 Å². The van der Waals surface area contributed by atoms with Gasteiger partial charge < -0.3 is 10.1 Å². The molecule has 0 spiro atoms. The second kappa shape index (κ2) is 6.07. The molecule has 0 unspecified atom stereocenters. The van der Waals surface area contributed by atoms with E-state index in [-0.39, 0.29) is 0 Å². The fraction of sp³-hybridized carbons (Fsp3) is 0.692. The molecule has 2 rings (SSSR count). The molecule has 0 aliphatic carbocycles. The predicted molar refractivity (Wildman–Crippen MR) is 66.9 cm³/mol. The van der Waals surface area contributed by atoms with Gasteiger partial charge in [0.2, 0.25) is 0 Å². The highest BCUT2D eigenvalue weighted by Crippen LogP contribution is 2.24. The molecule has 1 saturated heterocycles. The molecule has 0 radical (unpaired) electrons. The SMILES string of the molecule is CCNCc1cc(C)nc(C2CCOCC2)n1. The summed E-state index contributed by atoms with van der Waals surface area (Å²) < 4.78 is 5.38. The lowest BCUT2D eigenvalue weighted by molar-refractivity contribution is 0.0835. The molecule has 0 saturated carbocycles. The average molecular weight is 235 g/mol. The molecule has 4 heteroatoms. The van der Waals surface area contributed by atoms with Gasteiger partial charge >= 0.3 is 0 Å². The summed E-state index contributed by atoms with van der Waals surface area (Å²) in [5, 5.41) is 3.31. The van der Waals surface area contributed by atoms with Crippen molar-refractivity contribution in [2.24, 2.45) is 0 Å². The third-order valence-electron chi connectivity index (χ3n) is 3.07. The third kappa shape index (κ3) is 3.48. The normalized spacial score (nSPS) is 17.3. The molecule has 0 atom stereocenters. The first-order chi connectivity index (χ1) is 8.29. The van der Waals surface area contributed by atoms with E-state index >= 15 is 0 Å². The number of hydrogen-bond acceptors (Lipinski definition) is 4. The zero-order chi connectivity index (χ0) is 12.1. The van der Waals surface area contributed by atoms with Crippen molar-refractivity contribution >= 4 is 0 Å². The second-order valence-corrected chi connectivity index (χ2v) is 4.53. The fourth-order valence-corrected chi connectivity index (χ4v) is 2.14. The molecule has 0 aromatic carbocycles. The highest BCUT2D eigenvalue weighted by Gasteiger charge is 2.19. The van der Waals surface area contributed by atoms with E-state index in [9.17, 15) is 0 Å². The smallest absolute Gasteiger partial charge is 0.132 e. The van der Waals surface area contributed by atoms with Crippen LogP contribution in [0.1, 0.15) is 42.9 Å². The van der Waals surface area contributed by atoms with E-state index in [0.29, 0.717) is 5.92 Å². The standard InChI is InChI=1S/C13H21N3O/c1-3-14-9-12-8-10(2)15-13(16-12)11-4-6-17-7-5-11/h8,11,14H,3-7,9H2,1-2H3. The van der Waals surface area contributed by atoms with Crippen LogP contribution >= 0.6 is 0 Å². The van der Waals surface area contributed by atoms with Gasteiger partial charge in [-0.3, -0.25) is 0 Å². The molecule has 1 aromatic rings. The van der Waals surface area contributed by atoms with Crippen LogP contribution in [-0.2, 0) is 11.3 Å². The van der Waals surface area contributed by atoms with Gasteiger partial charge in [0, 0.05) is 31.4 Å².